The maximum absolute atomic E-state index is 13.6. The van der Waals surface area contributed by atoms with E-state index in [1.54, 1.807) is 18.2 Å². The van der Waals surface area contributed by atoms with Crippen molar-refractivity contribution in [1.29, 1.82) is 0 Å². The first kappa shape index (κ1) is 17.5. The maximum atomic E-state index is 13.6. The molecule has 0 aliphatic heterocycles. The number of para-hydroxylation sites is 1. The number of hydrogen-bond donors (Lipinski definition) is 1. The van der Waals surface area contributed by atoms with Gasteiger partial charge in [0.1, 0.15) is 5.82 Å². The zero-order chi connectivity index (χ0) is 16.7. The number of unbranched alkanes of at least 4 members (excludes halogenated alkanes) is 3. The average Bonchev–Trinajstić information content (AvgIpc) is 2.54. The van der Waals surface area contributed by atoms with E-state index in [1.165, 1.54) is 37.5 Å². The van der Waals surface area contributed by atoms with Gasteiger partial charge >= 0.3 is 0 Å². The van der Waals surface area contributed by atoms with Gasteiger partial charge in [0, 0.05) is 0 Å². The molecule has 0 saturated carbocycles. The third-order valence-electron chi connectivity index (χ3n) is 3.67. The van der Waals surface area contributed by atoms with Gasteiger partial charge in [-0.2, -0.15) is 0 Å². The van der Waals surface area contributed by atoms with Crippen LogP contribution in [-0.4, -0.2) is 8.42 Å². The highest BCUT2D eigenvalue weighted by atomic mass is 32.2. The third kappa shape index (κ3) is 5.06. The summed E-state index contributed by atoms with van der Waals surface area (Å²) in [7, 11) is -3.77. The Kier molecular flexibility index (Phi) is 6.16. The van der Waals surface area contributed by atoms with Crippen molar-refractivity contribution in [1.82, 2.24) is 0 Å². The minimum atomic E-state index is -3.77. The molecule has 0 heterocycles. The van der Waals surface area contributed by atoms with Crippen molar-refractivity contribution >= 4 is 15.7 Å². The smallest absolute Gasteiger partial charge is 0.261 e. The van der Waals surface area contributed by atoms with Crippen LogP contribution in [0, 0.1) is 5.82 Å². The first-order valence-electron chi connectivity index (χ1n) is 7.89. The molecule has 0 radical (unpaired) electrons. The van der Waals surface area contributed by atoms with E-state index in [9.17, 15) is 12.8 Å². The molecule has 5 heteroatoms. The van der Waals surface area contributed by atoms with Crippen LogP contribution in [0.25, 0.3) is 0 Å². The van der Waals surface area contributed by atoms with Crippen molar-refractivity contribution in [2.24, 2.45) is 0 Å². The Balaban J connectivity index is 2.04. The minimum Gasteiger partial charge on any atom is -0.277 e. The summed E-state index contributed by atoms with van der Waals surface area (Å²) in [6.07, 6.45) is 5.65. The van der Waals surface area contributed by atoms with Crippen LogP contribution in [0.15, 0.2) is 53.4 Å². The second kappa shape index (κ2) is 8.11. The lowest BCUT2D eigenvalue weighted by molar-refractivity contribution is 0.598. The highest BCUT2D eigenvalue weighted by Gasteiger charge is 2.15. The number of sulfonamides is 1. The molecule has 0 spiro atoms. The topological polar surface area (TPSA) is 46.2 Å². The fraction of sp³-hybridized carbons (Fsp3) is 0.333. The van der Waals surface area contributed by atoms with Gasteiger partial charge in [0.15, 0.2) is 0 Å². The van der Waals surface area contributed by atoms with Crippen LogP contribution in [0.3, 0.4) is 0 Å². The lowest BCUT2D eigenvalue weighted by atomic mass is 10.1. The fourth-order valence-electron chi connectivity index (χ4n) is 2.34. The van der Waals surface area contributed by atoms with E-state index in [2.05, 4.69) is 11.6 Å². The van der Waals surface area contributed by atoms with Gasteiger partial charge in [-0.25, -0.2) is 12.8 Å². The molecule has 0 fully saturated rings. The van der Waals surface area contributed by atoms with E-state index in [0.29, 0.717) is 0 Å². The van der Waals surface area contributed by atoms with Crippen LogP contribution in [0.2, 0.25) is 0 Å². The first-order valence-corrected chi connectivity index (χ1v) is 9.37. The van der Waals surface area contributed by atoms with Gasteiger partial charge in [0.25, 0.3) is 10.0 Å². The summed E-state index contributed by atoms with van der Waals surface area (Å²) in [6.45, 7) is 2.17. The van der Waals surface area contributed by atoms with Gasteiger partial charge in [-0.15, -0.1) is 0 Å². The lowest BCUT2D eigenvalue weighted by Gasteiger charge is -2.09. The minimum absolute atomic E-state index is 0.0452. The molecule has 0 aromatic heterocycles. The number of hydrogen-bond acceptors (Lipinski definition) is 2. The zero-order valence-electron chi connectivity index (χ0n) is 13.3. The summed E-state index contributed by atoms with van der Waals surface area (Å²) in [5.41, 5.74) is 1.07. The van der Waals surface area contributed by atoms with E-state index in [4.69, 9.17) is 0 Å². The first-order chi connectivity index (χ1) is 11.0. The summed E-state index contributed by atoms with van der Waals surface area (Å²) in [6, 6.07) is 12.5. The molecule has 2 aromatic rings. The molecule has 2 aromatic carbocycles. The van der Waals surface area contributed by atoms with Crippen LogP contribution in [-0.2, 0) is 16.4 Å². The molecule has 0 atom stereocenters. The summed E-state index contributed by atoms with van der Waals surface area (Å²) in [5, 5.41) is 0. The molecular weight excluding hydrogens is 313 g/mol. The molecule has 0 aliphatic carbocycles. The van der Waals surface area contributed by atoms with E-state index in [1.807, 2.05) is 12.1 Å². The van der Waals surface area contributed by atoms with E-state index in [0.717, 1.165) is 18.4 Å². The SMILES string of the molecule is CCCCCCc1ccc(S(=O)(=O)Nc2ccccc2F)cc1. The van der Waals surface area contributed by atoms with E-state index >= 15 is 0 Å². The van der Waals surface area contributed by atoms with Gasteiger partial charge in [-0.1, -0.05) is 50.5 Å². The number of rotatable bonds is 8. The standard InChI is InChI=1S/C18H22FNO2S/c1-2-3-4-5-8-15-11-13-16(14-12-15)23(21,22)20-18-10-7-6-9-17(18)19/h6-7,9-14,20H,2-5,8H2,1H3. The molecule has 0 unspecified atom stereocenters. The number of aryl methyl sites for hydroxylation is 1. The van der Waals surface area contributed by atoms with Crippen molar-refractivity contribution in [2.75, 3.05) is 4.72 Å². The predicted octanol–water partition coefficient (Wildman–Crippen LogP) is 4.75. The van der Waals surface area contributed by atoms with E-state index in [-0.39, 0.29) is 10.6 Å². The van der Waals surface area contributed by atoms with Crippen LogP contribution >= 0.6 is 0 Å². The van der Waals surface area contributed by atoms with Crippen LogP contribution < -0.4 is 4.72 Å². The van der Waals surface area contributed by atoms with Gasteiger partial charge in [0.2, 0.25) is 0 Å². The van der Waals surface area contributed by atoms with Crippen molar-refractivity contribution in [3.8, 4) is 0 Å². The number of benzene rings is 2. The molecule has 0 saturated heterocycles. The van der Waals surface area contributed by atoms with Gasteiger partial charge < -0.3 is 0 Å². The molecule has 3 nitrogen and oxygen atoms in total. The number of anilines is 1. The zero-order valence-corrected chi connectivity index (χ0v) is 14.1. The predicted molar refractivity (Wildman–Crippen MR) is 91.5 cm³/mol. The van der Waals surface area contributed by atoms with Gasteiger partial charge in [-0.05, 0) is 42.7 Å². The number of halogens is 1. The molecule has 1 N–H and O–H groups in total. The van der Waals surface area contributed by atoms with Crippen molar-refractivity contribution < 1.29 is 12.8 Å². The summed E-state index contributed by atoms with van der Waals surface area (Å²) in [4.78, 5) is 0.137. The largest absolute Gasteiger partial charge is 0.277 e. The highest BCUT2D eigenvalue weighted by molar-refractivity contribution is 7.92. The molecule has 0 aliphatic rings. The Hall–Kier alpha value is -1.88. The van der Waals surface area contributed by atoms with E-state index < -0.39 is 15.8 Å². The lowest BCUT2D eigenvalue weighted by Crippen LogP contribution is -2.13. The van der Waals surface area contributed by atoms with Crippen molar-refractivity contribution in [3.63, 3.8) is 0 Å². The Labute approximate surface area is 137 Å². The Morgan fingerprint density at radius 1 is 0.957 bits per heavy atom. The Morgan fingerprint density at radius 2 is 1.65 bits per heavy atom. The second-order valence-corrected chi connectivity index (χ2v) is 7.22. The van der Waals surface area contributed by atoms with Crippen LogP contribution in [0.5, 0.6) is 0 Å². The average molecular weight is 335 g/mol. The molecular formula is C18H22FNO2S. The maximum Gasteiger partial charge on any atom is 0.261 e. The quantitative estimate of drug-likeness (QED) is 0.708. The summed E-state index contributed by atoms with van der Waals surface area (Å²) < 4.78 is 40.4. The molecule has 23 heavy (non-hydrogen) atoms. The van der Waals surface area contributed by atoms with Gasteiger partial charge in [0.05, 0.1) is 10.6 Å². The summed E-state index contributed by atoms with van der Waals surface area (Å²) in [5.74, 6) is -0.594. The number of nitrogens with one attached hydrogen (secondary N) is 1. The fourth-order valence-corrected chi connectivity index (χ4v) is 3.41. The molecule has 2 rings (SSSR count). The van der Waals surface area contributed by atoms with Gasteiger partial charge in [-0.3, -0.25) is 4.72 Å². The Morgan fingerprint density at radius 3 is 2.30 bits per heavy atom. The Bertz CT molecular complexity index is 727. The van der Waals surface area contributed by atoms with Crippen molar-refractivity contribution in [2.45, 2.75) is 43.9 Å². The molecule has 0 amide bonds. The molecule has 0 bridgehead atoms. The molecule has 124 valence electrons. The van der Waals surface area contributed by atoms with Crippen molar-refractivity contribution in [3.05, 3.63) is 59.9 Å². The highest BCUT2D eigenvalue weighted by Crippen LogP contribution is 2.19. The van der Waals surface area contributed by atoms with Crippen LogP contribution in [0.4, 0.5) is 10.1 Å². The normalized spacial score (nSPS) is 11.4. The third-order valence-corrected chi connectivity index (χ3v) is 5.05. The summed E-state index contributed by atoms with van der Waals surface area (Å²) >= 11 is 0. The monoisotopic (exact) mass is 335 g/mol. The second-order valence-electron chi connectivity index (χ2n) is 5.54. The van der Waals surface area contributed by atoms with Crippen LogP contribution in [0.1, 0.15) is 38.2 Å².